The van der Waals surface area contributed by atoms with Crippen molar-refractivity contribution in [2.45, 2.75) is 6.04 Å². The van der Waals surface area contributed by atoms with Crippen molar-refractivity contribution in [1.82, 2.24) is 10.2 Å². The highest BCUT2D eigenvalue weighted by Crippen LogP contribution is 2.34. The Bertz CT molecular complexity index is 896. The van der Waals surface area contributed by atoms with E-state index < -0.39 is 0 Å². The van der Waals surface area contributed by atoms with E-state index in [2.05, 4.69) is 22.3 Å². The standard InChI is InChI=1S/C24H28N2O4S/c1-28-20-9-7-18(8-10-20)21(26-11-13-29-14-12-26)17-25-24(27)22-23(31-16-15-30-22)19-5-3-2-4-6-19/h2-10,21H,11-17H2,1H3,(H,25,27)/t21-/m0/s1. The van der Waals surface area contributed by atoms with Gasteiger partial charge in [-0.2, -0.15) is 0 Å². The quantitative estimate of drug-likeness (QED) is 0.713. The maximum atomic E-state index is 13.1. The average molecular weight is 441 g/mol. The molecule has 164 valence electrons. The van der Waals surface area contributed by atoms with Crippen molar-refractivity contribution in [3.8, 4) is 5.75 Å². The molecule has 4 rings (SSSR count). The molecule has 2 heterocycles. The molecule has 0 radical (unpaired) electrons. The average Bonchev–Trinajstić information content (AvgIpc) is 2.85. The van der Waals surface area contributed by atoms with E-state index in [9.17, 15) is 4.79 Å². The number of amides is 1. The van der Waals surface area contributed by atoms with Crippen LogP contribution in [0.1, 0.15) is 17.2 Å². The molecule has 0 aliphatic carbocycles. The van der Waals surface area contributed by atoms with Gasteiger partial charge in [-0.1, -0.05) is 42.5 Å². The molecule has 1 N–H and O–H groups in total. The molecule has 2 aromatic carbocycles. The Morgan fingerprint density at radius 1 is 1.10 bits per heavy atom. The maximum absolute atomic E-state index is 13.1. The van der Waals surface area contributed by atoms with Crippen LogP contribution in [0.2, 0.25) is 0 Å². The van der Waals surface area contributed by atoms with E-state index in [-0.39, 0.29) is 11.9 Å². The van der Waals surface area contributed by atoms with Gasteiger partial charge in [0.25, 0.3) is 5.91 Å². The Balaban J connectivity index is 1.52. The molecule has 1 saturated heterocycles. The lowest BCUT2D eigenvalue weighted by Crippen LogP contribution is -2.44. The molecule has 6 nitrogen and oxygen atoms in total. The van der Waals surface area contributed by atoms with Crippen LogP contribution < -0.4 is 10.1 Å². The molecular weight excluding hydrogens is 412 g/mol. The van der Waals surface area contributed by atoms with Crippen LogP contribution >= 0.6 is 11.8 Å². The Labute approximate surface area is 187 Å². The number of hydrogen-bond donors (Lipinski definition) is 1. The number of carbonyl (C=O) groups excluding carboxylic acids is 1. The largest absolute Gasteiger partial charge is 0.497 e. The van der Waals surface area contributed by atoms with Crippen LogP contribution in [0.15, 0.2) is 60.4 Å². The van der Waals surface area contributed by atoms with Gasteiger partial charge in [0.05, 0.1) is 37.9 Å². The summed E-state index contributed by atoms with van der Waals surface area (Å²) in [4.78, 5) is 16.4. The lowest BCUT2D eigenvalue weighted by Gasteiger charge is -2.35. The Kier molecular flexibility index (Phi) is 7.51. The summed E-state index contributed by atoms with van der Waals surface area (Å²) in [5.41, 5.74) is 2.15. The summed E-state index contributed by atoms with van der Waals surface area (Å²) in [6.45, 7) is 4.08. The summed E-state index contributed by atoms with van der Waals surface area (Å²) < 4.78 is 16.6. The summed E-state index contributed by atoms with van der Waals surface area (Å²) in [6.07, 6.45) is 0. The van der Waals surface area contributed by atoms with E-state index in [4.69, 9.17) is 14.2 Å². The van der Waals surface area contributed by atoms with Gasteiger partial charge in [0.15, 0.2) is 5.76 Å². The van der Waals surface area contributed by atoms with Crippen LogP contribution in [0.25, 0.3) is 4.91 Å². The number of rotatable bonds is 7. The number of thioether (sulfide) groups is 1. The third kappa shape index (κ3) is 5.42. The monoisotopic (exact) mass is 440 g/mol. The molecule has 0 spiro atoms. The zero-order valence-corrected chi connectivity index (χ0v) is 18.5. The zero-order valence-electron chi connectivity index (χ0n) is 17.7. The smallest absolute Gasteiger partial charge is 0.287 e. The fraction of sp³-hybridized carbons (Fsp3) is 0.375. The second-order valence-corrected chi connectivity index (χ2v) is 8.47. The van der Waals surface area contributed by atoms with Gasteiger partial charge in [0.2, 0.25) is 0 Å². The van der Waals surface area contributed by atoms with Gasteiger partial charge in [-0.05, 0) is 23.3 Å². The summed E-state index contributed by atoms with van der Waals surface area (Å²) in [5, 5.41) is 3.13. The predicted molar refractivity (Wildman–Crippen MR) is 123 cm³/mol. The molecule has 1 amide bonds. The number of hydrogen-bond acceptors (Lipinski definition) is 6. The van der Waals surface area contributed by atoms with Crippen molar-refractivity contribution in [3.63, 3.8) is 0 Å². The number of ether oxygens (including phenoxy) is 3. The van der Waals surface area contributed by atoms with Gasteiger partial charge in [-0.25, -0.2) is 0 Å². The minimum atomic E-state index is -0.169. The molecule has 1 fully saturated rings. The van der Waals surface area contributed by atoms with Crippen LogP contribution in [0, 0.1) is 0 Å². The third-order valence-electron chi connectivity index (χ3n) is 5.47. The first-order chi connectivity index (χ1) is 15.3. The summed E-state index contributed by atoms with van der Waals surface area (Å²) in [6, 6.07) is 18.0. The van der Waals surface area contributed by atoms with Crippen LogP contribution in [-0.2, 0) is 14.3 Å². The molecule has 2 aliphatic rings. The van der Waals surface area contributed by atoms with Crippen LogP contribution in [0.3, 0.4) is 0 Å². The van der Waals surface area contributed by atoms with Crippen molar-refractivity contribution < 1.29 is 19.0 Å². The number of nitrogens with zero attached hydrogens (tertiary/aromatic N) is 1. The van der Waals surface area contributed by atoms with Crippen molar-refractivity contribution in [1.29, 1.82) is 0 Å². The van der Waals surface area contributed by atoms with Crippen LogP contribution in [0.5, 0.6) is 5.75 Å². The number of morpholine rings is 1. The number of benzene rings is 2. The van der Waals surface area contributed by atoms with Gasteiger partial charge >= 0.3 is 0 Å². The van der Waals surface area contributed by atoms with Gasteiger partial charge in [0, 0.05) is 25.4 Å². The normalized spacial score (nSPS) is 18.2. The minimum absolute atomic E-state index is 0.0516. The molecule has 0 unspecified atom stereocenters. The first-order valence-corrected chi connectivity index (χ1v) is 11.5. The molecular formula is C24H28N2O4S. The molecule has 0 saturated carbocycles. The first kappa shape index (κ1) is 21.7. The van der Waals surface area contributed by atoms with Crippen molar-refractivity contribution >= 4 is 22.6 Å². The van der Waals surface area contributed by atoms with Gasteiger partial charge in [-0.3, -0.25) is 9.69 Å². The second-order valence-electron chi connectivity index (χ2n) is 7.37. The van der Waals surface area contributed by atoms with Crippen molar-refractivity contribution in [2.24, 2.45) is 0 Å². The second kappa shape index (κ2) is 10.7. The predicted octanol–water partition coefficient (Wildman–Crippen LogP) is 3.32. The number of methoxy groups -OCH3 is 1. The Hall–Kier alpha value is -2.48. The molecule has 2 aromatic rings. The first-order valence-electron chi connectivity index (χ1n) is 10.6. The van der Waals surface area contributed by atoms with Gasteiger partial charge in [0.1, 0.15) is 5.75 Å². The molecule has 0 bridgehead atoms. The fourth-order valence-electron chi connectivity index (χ4n) is 3.83. The van der Waals surface area contributed by atoms with E-state index in [0.717, 1.165) is 40.6 Å². The van der Waals surface area contributed by atoms with E-state index in [0.29, 0.717) is 32.1 Å². The highest BCUT2D eigenvalue weighted by molar-refractivity contribution is 8.08. The fourth-order valence-corrected chi connectivity index (χ4v) is 4.79. The minimum Gasteiger partial charge on any atom is -0.497 e. The van der Waals surface area contributed by atoms with E-state index >= 15 is 0 Å². The van der Waals surface area contributed by atoms with Crippen molar-refractivity contribution in [2.75, 3.05) is 52.3 Å². The highest BCUT2D eigenvalue weighted by atomic mass is 32.2. The third-order valence-corrected chi connectivity index (χ3v) is 6.55. The SMILES string of the molecule is COc1ccc([C@H](CNC(=O)C2=C(c3ccccc3)SCCO2)N2CCOCC2)cc1. The van der Waals surface area contributed by atoms with Gasteiger partial charge < -0.3 is 19.5 Å². The van der Waals surface area contributed by atoms with Crippen LogP contribution in [0.4, 0.5) is 0 Å². The summed E-state index contributed by atoms with van der Waals surface area (Å²) >= 11 is 1.67. The van der Waals surface area contributed by atoms with Gasteiger partial charge in [-0.15, -0.1) is 11.8 Å². The Morgan fingerprint density at radius 2 is 1.84 bits per heavy atom. The number of carbonyl (C=O) groups is 1. The molecule has 1 atom stereocenters. The topological polar surface area (TPSA) is 60.0 Å². The van der Waals surface area contributed by atoms with Crippen LogP contribution in [-0.4, -0.2) is 63.1 Å². The Morgan fingerprint density at radius 3 is 2.55 bits per heavy atom. The molecule has 7 heteroatoms. The highest BCUT2D eigenvalue weighted by Gasteiger charge is 2.26. The molecule has 2 aliphatic heterocycles. The van der Waals surface area contributed by atoms with E-state index in [1.807, 2.05) is 42.5 Å². The van der Waals surface area contributed by atoms with Crippen molar-refractivity contribution in [3.05, 3.63) is 71.5 Å². The summed E-state index contributed by atoms with van der Waals surface area (Å²) in [5.74, 6) is 1.90. The zero-order chi connectivity index (χ0) is 21.5. The number of nitrogens with one attached hydrogen (secondary N) is 1. The van der Waals surface area contributed by atoms with E-state index in [1.165, 1.54) is 0 Å². The molecule has 0 aromatic heterocycles. The molecule has 31 heavy (non-hydrogen) atoms. The van der Waals surface area contributed by atoms with E-state index in [1.54, 1.807) is 18.9 Å². The lowest BCUT2D eigenvalue weighted by atomic mass is 10.0. The summed E-state index contributed by atoms with van der Waals surface area (Å²) in [7, 11) is 1.66. The maximum Gasteiger partial charge on any atom is 0.287 e. The lowest BCUT2D eigenvalue weighted by molar-refractivity contribution is -0.121.